The second-order valence-electron chi connectivity index (χ2n) is 5.53. The van der Waals surface area contributed by atoms with E-state index in [1.54, 1.807) is 24.3 Å². The van der Waals surface area contributed by atoms with Gasteiger partial charge in [0, 0.05) is 37.1 Å². The third-order valence-electron chi connectivity index (χ3n) is 3.10. The topological polar surface area (TPSA) is 40.6 Å². The van der Waals surface area contributed by atoms with Crippen molar-refractivity contribution < 1.29 is 9.59 Å². The second kappa shape index (κ2) is 7.92. The van der Waals surface area contributed by atoms with E-state index in [0.29, 0.717) is 24.0 Å². The molecule has 0 spiro atoms. The minimum absolute atomic E-state index is 0.117. The molecular formula is C16H24N2O2. The first-order chi connectivity index (χ1) is 9.40. The molecule has 20 heavy (non-hydrogen) atoms. The molecule has 4 heteroatoms. The lowest BCUT2D eigenvalue weighted by Crippen LogP contribution is -2.17. The molecule has 0 atom stereocenters. The third kappa shape index (κ3) is 5.63. The van der Waals surface area contributed by atoms with Gasteiger partial charge in [-0.1, -0.05) is 24.3 Å². The van der Waals surface area contributed by atoms with E-state index in [1.165, 1.54) is 0 Å². The highest BCUT2D eigenvalue weighted by molar-refractivity contribution is 5.99. The molecule has 0 aromatic heterocycles. The summed E-state index contributed by atoms with van der Waals surface area (Å²) in [4.78, 5) is 27.8. The van der Waals surface area contributed by atoms with Crippen molar-refractivity contribution in [2.75, 3.05) is 41.3 Å². The van der Waals surface area contributed by atoms with Crippen LogP contribution in [0.2, 0.25) is 0 Å². The van der Waals surface area contributed by atoms with Crippen molar-refractivity contribution in [1.29, 1.82) is 0 Å². The van der Waals surface area contributed by atoms with Crippen LogP contribution < -0.4 is 0 Å². The molecule has 0 aliphatic carbocycles. The Balaban J connectivity index is 2.59. The number of Topliss-reactive ketones (excluding diaryl/α,β-unsaturated/α-hetero) is 2. The molecule has 0 fully saturated rings. The highest BCUT2D eigenvalue weighted by Crippen LogP contribution is 2.09. The number of carbonyl (C=O) groups is 2. The van der Waals surface area contributed by atoms with Gasteiger partial charge >= 0.3 is 0 Å². The largest absolute Gasteiger partial charge is 0.309 e. The predicted molar refractivity (Wildman–Crippen MR) is 81.4 cm³/mol. The molecule has 0 N–H and O–H groups in total. The fourth-order valence-electron chi connectivity index (χ4n) is 1.78. The molecule has 4 nitrogen and oxygen atoms in total. The second-order valence-corrected chi connectivity index (χ2v) is 5.53. The van der Waals surface area contributed by atoms with Crippen molar-refractivity contribution in [2.45, 2.75) is 12.8 Å². The van der Waals surface area contributed by atoms with Crippen LogP contribution in [0.3, 0.4) is 0 Å². The van der Waals surface area contributed by atoms with Crippen LogP contribution in [0.1, 0.15) is 33.6 Å². The number of ketones is 2. The van der Waals surface area contributed by atoms with Crippen LogP contribution in [-0.4, -0.2) is 62.6 Å². The summed E-state index contributed by atoms with van der Waals surface area (Å²) in [5.41, 5.74) is 1.35. The van der Waals surface area contributed by atoms with Gasteiger partial charge < -0.3 is 9.80 Å². The molecule has 0 heterocycles. The molecule has 1 rings (SSSR count). The number of rotatable bonds is 8. The van der Waals surface area contributed by atoms with Crippen molar-refractivity contribution in [1.82, 2.24) is 9.80 Å². The number of nitrogens with zero attached hydrogens (tertiary/aromatic N) is 2. The van der Waals surface area contributed by atoms with Crippen molar-refractivity contribution in [2.24, 2.45) is 0 Å². The van der Waals surface area contributed by atoms with Gasteiger partial charge in [-0.05, 0) is 28.2 Å². The van der Waals surface area contributed by atoms with E-state index in [2.05, 4.69) is 0 Å². The van der Waals surface area contributed by atoms with E-state index in [9.17, 15) is 9.59 Å². The fraction of sp³-hybridized carbons (Fsp3) is 0.500. The lowest BCUT2D eigenvalue weighted by atomic mass is 10.0. The average molecular weight is 276 g/mol. The maximum absolute atomic E-state index is 11.9. The Labute approximate surface area is 121 Å². The van der Waals surface area contributed by atoms with Gasteiger partial charge in [0.25, 0.3) is 0 Å². The highest BCUT2D eigenvalue weighted by Gasteiger charge is 2.09. The van der Waals surface area contributed by atoms with E-state index in [-0.39, 0.29) is 11.6 Å². The lowest BCUT2D eigenvalue weighted by Gasteiger charge is -2.09. The molecule has 0 aliphatic heterocycles. The first kappa shape index (κ1) is 16.5. The number of hydrogen-bond acceptors (Lipinski definition) is 4. The Morgan fingerprint density at radius 3 is 1.30 bits per heavy atom. The first-order valence-corrected chi connectivity index (χ1v) is 6.86. The Hall–Kier alpha value is -1.52. The SMILES string of the molecule is CN(C)CCC(=O)c1ccc(C(=O)CCN(C)C)cc1. The molecule has 0 bridgehead atoms. The van der Waals surface area contributed by atoms with Gasteiger partial charge in [-0.2, -0.15) is 0 Å². The van der Waals surface area contributed by atoms with Gasteiger partial charge in [0.05, 0.1) is 0 Å². The molecule has 0 amide bonds. The molecule has 0 saturated carbocycles. The van der Waals surface area contributed by atoms with Crippen LogP contribution in [0, 0.1) is 0 Å². The minimum atomic E-state index is 0.117. The first-order valence-electron chi connectivity index (χ1n) is 6.86. The van der Waals surface area contributed by atoms with Crippen LogP contribution >= 0.6 is 0 Å². The zero-order valence-electron chi connectivity index (χ0n) is 12.8. The van der Waals surface area contributed by atoms with Crippen molar-refractivity contribution in [3.8, 4) is 0 Å². The molecule has 0 radical (unpaired) electrons. The molecular weight excluding hydrogens is 252 g/mol. The standard InChI is InChI=1S/C16H24N2O2/c1-17(2)11-9-15(19)13-5-7-14(8-6-13)16(20)10-12-18(3)4/h5-8H,9-12H2,1-4H3. The van der Waals surface area contributed by atoms with Crippen LogP contribution in [0.15, 0.2) is 24.3 Å². The van der Waals surface area contributed by atoms with E-state index in [1.807, 2.05) is 38.0 Å². The Morgan fingerprint density at radius 2 is 1.05 bits per heavy atom. The summed E-state index contributed by atoms with van der Waals surface area (Å²) in [6, 6.07) is 7.00. The van der Waals surface area contributed by atoms with Gasteiger partial charge in [-0.25, -0.2) is 0 Å². The normalized spacial score (nSPS) is 11.1. The number of benzene rings is 1. The summed E-state index contributed by atoms with van der Waals surface area (Å²) >= 11 is 0. The van der Waals surface area contributed by atoms with E-state index in [0.717, 1.165) is 13.1 Å². The summed E-state index contributed by atoms with van der Waals surface area (Å²) in [6.45, 7) is 1.48. The summed E-state index contributed by atoms with van der Waals surface area (Å²) in [5.74, 6) is 0.233. The van der Waals surface area contributed by atoms with Crippen LogP contribution in [0.5, 0.6) is 0 Å². The van der Waals surface area contributed by atoms with Crippen LogP contribution in [0.25, 0.3) is 0 Å². The van der Waals surface area contributed by atoms with Crippen molar-refractivity contribution in [3.05, 3.63) is 35.4 Å². The zero-order chi connectivity index (χ0) is 15.1. The highest BCUT2D eigenvalue weighted by atomic mass is 16.1. The van der Waals surface area contributed by atoms with Crippen LogP contribution in [0.4, 0.5) is 0 Å². The Morgan fingerprint density at radius 1 is 0.750 bits per heavy atom. The van der Waals surface area contributed by atoms with Gasteiger partial charge in [0.1, 0.15) is 0 Å². The maximum atomic E-state index is 11.9. The zero-order valence-corrected chi connectivity index (χ0v) is 12.8. The van der Waals surface area contributed by atoms with Gasteiger partial charge in [0.15, 0.2) is 11.6 Å². The Kier molecular flexibility index (Phi) is 6.55. The van der Waals surface area contributed by atoms with Gasteiger partial charge in [-0.3, -0.25) is 9.59 Å². The molecule has 1 aromatic rings. The molecule has 1 aromatic carbocycles. The van der Waals surface area contributed by atoms with E-state index < -0.39 is 0 Å². The molecule has 110 valence electrons. The fourth-order valence-corrected chi connectivity index (χ4v) is 1.78. The monoisotopic (exact) mass is 276 g/mol. The number of hydrogen-bond donors (Lipinski definition) is 0. The van der Waals surface area contributed by atoms with Crippen molar-refractivity contribution >= 4 is 11.6 Å². The molecule has 0 saturated heterocycles. The quantitative estimate of drug-likeness (QED) is 0.681. The molecule has 0 aliphatic rings. The number of carbonyl (C=O) groups excluding carboxylic acids is 2. The smallest absolute Gasteiger partial charge is 0.164 e. The molecule has 0 unspecified atom stereocenters. The summed E-state index contributed by atoms with van der Waals surface area (Å²) < 4.78 is 0. The van der Waals surface area contributed by atoms with E-state index in [4.69, 9.17) is 0 Å². The van der Waals surface area contributed by atoms with Crippen molar-refractivity contribution in [3.63, 3.8) is 0 Å². The summed E-state index contributed by atoms with van der Waals surface area (Å²) in [7, 11) is 7.78. The lowest BCUT2D eigenvalue weighted by molar-refractivity contribution is 0.0961. The maximum Gasteiger partial charge on any atom is 0.164 e. The third-order valence-corrected chi connectivity index (χ3v) is 3.10. The summed E-state index contributed by atoms with van der Waals surface area (Å²) in [5, 5.41) is 0. The predicted octanol–water partition coefficient (Wildman–Crippen LogP) is 1.96. The van der Waals surface area contributed by atoms with E-state index >= 15 is 0 Å². The van der Waals surface area contributed by atoms with Gasteiger partial charge in [-0.15, -0.1) is 0 Å². The van der Waals surface area contributed by atoms with Crippen LogP contribution in [-0.2, 0) is 0 Å². The average Bonchev–Trinajstić information content (AvgIpc) is 2.42. The Bertz CT molecular complexity index is 407. The van der Waals surface area contributed by atoms with Gasteiger partial charge in [0.2, 0.25) is 0 Å². The minimum Gasteiger partial charge on any atom is -0.309 e. The summed E-state index contributed by atoms with van der Waals surface area (Å²) in [6.07, 6.45) is 1.00.